The Morgan fingerprint density at radius 1 is 1.05 bits per heavy atom. The molecule has 2 fully saturated rings. The maximum Gasteiger partial charge on any atom is 0.315 e. The molecule has 1 aliphatic heterocycles. The Balaban J connectivity index is 1.52. The summed E-state index contributed by atoms with van der Waals surface area (Å²) in [6.07, 6.45) is 8.85. The van der Waals surface area contributed by atoms with Gasteiger partial charge in [0.1, 0.15) is 0 Å². The number of nitrogens with two attached hydrogens (primary N) is 1. The topological polar surface area (TPSA) is 87.5 Å². The Kier molecular flexibility index (Phi) is 6.96. The van der Waals surface area contributed by atoms with Crippen LogP contribution in [-0.4, -0.2) is 48.6 Å². The van der Waals surface area contributed by atoms with Crippen LogP contribution in [0.1, 0.15) is 57.8 Å². The molecule has 22 heavy (non-hydrogen) atoms. The molecule has 4 N–H and O–H groups in total. The van der Waals surface area contributed by atoms with Crippen molar-refractivity contribution in [1.29, 1.82) is 0 Å². The van der Waals surface area contributed by atoms with Crippen molar-refractivity contribution in [2.45, 2.75) is 69.9 Å². The molecule has 6 nitrogen and oxygen atoms in total. The molecule has 0 aromatic heterocycles. The third-order valence-corrected chi connectivity index (χ3v) is 4.69. The van der Waals surface area contributed by atoms with E-state index < -0.39 is 0 Å². The monoisotopic (exact) mass is 310 g/mol. The molecule has 1 heterocycles. The lowest BCUT2D eigenvalue weighted by atomic mass is 9.96. The number of piperidine rings is 1. The summed E-state index contributed by atoms with van der Waals surface area (Å²) in [5.41, 5.74) is 5.84. The Morgan fingerprint density at radius 2 is 1.73 bits per heavy atom. The number of likely N-dealkylation sites (tertiary alicyclic amines) is 1. The molecule has 0 aromatic carbocycles. The van der Waals surface area contributed by atoms with E-state index in [-0.39, 0.29) is 18.0 Å². The highest BCUT2D eigenvalue weighted by Crippen LogP contribution is 2.17. The Bertz CT molecular complexity index is 361. The normalized spacial score (nSPS) is 20.7. The maximum absolute atomic E-state index is 12.0. The third-order valence-electron chi connectivity index (χ3n) is 4.69. The van der Waals surface area contributed by atoms with Crippen molar-refractivity contribution in [2.24, 2.45) is 5.73 Å². The summed E-state index contributed by atoms with van der Waals surface area (Å²) in [5, 5.41) is 5.87. The first-order chi connectivity index (χ1) is 10.6. The van der Waals surface area contributed by atoms with Crippen LogP contribution in [0.15, 0.2) is 0 Å². The second kappa shape index (κ2) is 8.98. The number of nitrogens with zero attached hydrogens (tertiary/aromatic N) is 1. The zero-order valence-electron chi connectivity index (χ0n) is 13.5. The van der Waals surface area contributed by atoms with Gasteiger partial charge in [-0.1, -0.05) is 19.3 Å². The zero-order valence-corrected chi connectivity index (χ0v) is 13.5. The van der Waals surface area contributed by atoms with Crippen molar-refractivity contribution < 1.29 is 9.59 Å². The van der Waals surface area contributed by atoms with E-state index in [2.05, 4.69) is 10.6 Å². The molecular formula is C16H30N4O2. The minimum absolute atomic E-state index is 0.0942. The lowest BCUT2D eigenvalue weighted by molar-refractivity contribution is -0.132. The summed E-state index contributed by atoms with van der Waals surface area (Å²) in [7, 11) is 0. The first-order valence-electron chi connectivity index (χ1n) is 8.73. The van der Waals surface area contributed by atoms with Crippen molar-refractivity contribution in [3.8, 4) is 0 Å². The molecule has 2 rings (SSSR count). The van der Waals surface area contributed by atoms with E-state index in [0.29, 0.717) is 25.4 Å². The molecule has 1 saturated carbocycles. The van der Waals surface area contributed by atoms with Crippen LogP contribution in [0.5, 0.6) is 0 Å². The number of rotatable bonds is 5. The highest BCUT2D eigenvalue weighted by Gasteiger charge is 2.20. The van der Waals surface area contributed by atoms with Crippen molar-refractivity contribution >= 4 is 11.9 Å². The first-order valence-corrected chi connectivity index (χ1v) is 8.73. The van der Waals surface area contributed by atoms with Crippen LogP contribution in [0.3, 0.4) is 0 Å². The van der Waals surface area contributed by atoms with Gasteiger partial charge in [0.2, 0.25) is 5.91 Å². The molecule has 0 aromatic rings. The standard InChI is InChI=1S/C16H30N4O2/c17-13-8-11-20(12-9-13)15(21)7-4-10-18-16(22)19-14-5-2-1-3-6-14/h13-14H,1-12,17H2,(H2,18,19,22). The molecule has 2 aliphatic rings. The largest absolute Gasteiger partial charge is 0.343 e. The van der Waals surface area contributed by atoms with Crippen LogP contribution in [-0.2, 0) is 4.79 Å². The van der Waals surface area contributed by atoms with E-state index in [1.54, 1.807) is 0 Å². The van der Waals surface area contributed by atoms with Crippen LogP contribution in [0.2, 0.25) is 0 Å². The minimum atomic E-state index is -0.0942. The zero-order chi connectivity index (χ0) is 15.8. The molecular weight excluding hydrogens is 280 g/mol. The van der Waals surface area contributed by atoms with Crippen LogP contribution >= 0.6 is 0 Å². The lowest BCUT2D eigenvalue weighted by Gasteiger charge is -2.30. The van der Waals surface area contributed by atoms with E-state index in [1.165, 1.54) is 19.3 Å². The number of urea groups is 1. The Hall–Kier alpha value is -1.30. The fraction of sp³-hybridized carbons (Fsp3) is 0.875. The van der Waals surface area contributed by atoms with Gasteiger partial charge in [-0.25, -0.2) is 4.79 Å². The average Bonchev–Trinajstić information content (AvgIpc) is 2.53. The van der Waals surface area contributed by atoms with Gasteiger partial charge < -0.3 is 21.3 Å². The Morgan fingerprint density at radius 3 is 2.41 bits per heavy atom. The molecule has 1 saturated heterocycles. The van der Waals surface area contributed by atoms with Gasteiger partial charge in [-0.05, 0) is 32.1 Å². The van der Waals surface area contributed by atoms with Crippen LogP contribution < -0.4 is 16.4 Å². The number of carbonyl (C=O) groups is 2. The molecule has 0 unspecified atom stereocenters. The number of hydrogen-bond donors (Lipinski definition) is 3. The van der Waals surface area contributed by atoms with Gasteiger partial charge in [-0.2, -0.15) is 0 Å². The van der Waals surface area contributed by atoms with Crippen molar-refractivity contribution in [3.63, 3.8) is 0 Å². The summed E-state index contributed by atoms with van der Waals surface area (Å²) < 4.78 is 0. The smallest absolute Gasteiger partial charge is 0.315 e. The summed E-state index contributed by atoms with van der Waals surface area (Å²) in [6, 6.07) is 0.477. The third kappa shape index (κ3) is 5.83. The second-order valence-corrected chi connectivity index (χ2v) is 6.56. The molecule has 1 aliphatic carbocycles. The van der Waals surface area contributed by atoms with Crippen molar-refractivity contribution in [2.75, 3.05) is 19.6 Å². The summed E-state index contributed by atoms with van der Waals surface area (Å²) >= 11 is 0. The van der Waals surface area contributed by atoms with Gasteiger partial charge in [-0.15, -0.1) is 0 Å². The minimum Gasteiger partial charge on any atom is -0.343 e. The molecule has 0 atom stereocenters. The number of amides is 3. The van der Waals surface area contributed by atoms with E-state index in [4.69, 9.17) is 5.73 Å². The lowest BCUT2D eigenvalue weighted by Crippen LogP contribution is -2.44. The molecule has 0 bridgehead atoms. The quantitative estimate of drug-likeness (QED) is 0.670. The molecule has 0 spiro atoms. The van der Waals surface area contributed by atoms with Crippen LogP contribution in [0, 0.1) is 0 Å². The highest BCUT2D eigenvalue weighted by atomic mass is 16.2. The van der Waals surface area contributed by atoms with Gasteiger partial charge in [0, 0.05) is 38.1 Å². The predicted molar refractivity (Wildman–Crippen MR) is 86.4 cm³/mol. The SMILES string of the molecule is NC1CCN(C(=O)CCCNC(=O)NC2CCCCC2)CC1. The number of carbonyl (C=O) groups excluding carboxylic acids is 2. The number of hydrogen-bond acceptors (Lipinski definition) is 3. The summed E-state index contributed by atoms with van der Waals surface area (Å²) in [4.78, 5) is 25.7. The van der Waals surface area contributed by atoms with Gasteiger partial charge in [0.25, 0.3) is 0 Å². The number of nitrogens with one attached hydrogen (secondary N) is 2. The van der Waals surface area contributed by atoms with Gasteiger partial charge >= 0.3 is 6.03 Å². The fourth-order valence-corrected chi connectivity index (χ4v) is 3.23. The molecule has 6 heteroatoms. The summed E-state index contributed by atoms with van der Waals surface area (Å²) in [5.74, 6) is 0.182. The molecule has 3 amide bonds. The fourth-order valence-electron chi connectivity index (χ4n) is 3.23. The van der Waals surface area contributed by atoms with E-state index in [0.717, 1.165) is 38.8 Å². The van der Waals surface area contributed by atoms with Crippen LogP contribution in [0.4, 0.5) is 4.79 Å². The second-order valence-electron chi connectivity index (χ2n) is 6.56. The van der Waals surface area contributed by atoms with Crippen molar-refractivity contribution in [3.05, 3.63) is 0 Å². The first kappa shape index (κ1) is 17.1. The van der Waals surface area contributed by atoms with E-state index in [9.17, 15) is 9.59 Å². The summed E-state index contributed by atoms with van der Waals surface area (Å²) in [6.45, 7) is 2.10. The Labute approximate surface area is 133 Å². The van der Waals surface area contributed by atoms with E-state index >= 15 is 0 Å². The molecule has 0 radical (unpaired) electrons. The van der Waals surface area contributed by atoms with Gasteiger partial charge in [0.15, 0.2) is 0 Å². The van der Waals surface area contributed by atoms with E-state index in [1.807, 2.05) is 4.90 Å². The van der Waals surface area contributed by atoms with Crippen molar-refractivity contribution in [1.82, 2.24) is 15.5 Å². The van der Waals surface area contributed by atoms with Crippen LogP contribution in [0.25, 0.3) is 0 Å². The predicted octanol–water partition coefficient (Wildman–Crippen LogP) is 1.35. The average molecular weight is 310 g/mol. The van der Waals surface area contributed by atoms with Gasteiger partial charge in [-0.3, -0.25) is 4.79 Å². The highest BCUT2D eigenvalue weighted by molar-refractivity contribution is 5.76. The van der Waals surface area contributed by atoms with Gasteiger partial charge in [0.05, 0.1) is 0 Å². The molecule has 126 valence electrons. The maximum atomic E-state index is 12.0.